The SMILES string of the molecule is CC(=CC=Cc1ccccc1)C(=O)OCCO. The van der Waals surface area contributed by atoms with E-state index in [0.29, 0.717) is 5.57 Å². The van der Waals surface area contributed by atoms with Gasteiger partial charge >= 0.3 is 5.97 Å². The largest absolute Gasteiger partial charge is 0.460 e. The molecule has 0 aliphatic rings. The van der Waals surface area contributed by atoms with Crippen LogP contribution in [0, 0.1) is 0 Å². The summed E-state index contributed by atoms with van der Waals surface area (Å²) in [6, 6.07) is 9.80. The van der Waals surface area contributed by atoms with Gasteiger partial charge in [0.1, 0.15) is 6.61 Å². The van der Waals surface area contributed by atoms with E-state index in [9.17, 15) is 4.79 Å². The normalized spacial score (nSPS) is 11.8. The molecular formula is C14H16O3. The fraction of sp³-hybridized carbons (Fsp3) is 0.214. The van der Waals surface area contributed by atoms with Gasteiger partial charge in [-0.3, -0.25) is 0 Å². The summed E-state index contributed by atoms with van der Waals surface area (Å²) in [7, 11) is 0. The van der Waals surface area contributed by atoms with Crippen molar-refractivity contribution in [1.29, 1.82) is 0 Å². The maximum atomic E-state index is 11.3. The molecule has 1 aromatic rings. The van der Waals surface area contributed by atoms with Gasteiger partial charge in [0.25, 0.3) is 0 Å². The molecule has 0 fully saturated rings. The molecule has 0 saturated carbocycles. The van der Waals surface area contributed by atoms with E-state index in [1.165, 1.54) is 0 Å². The predicted octanol–water partition coefficient (Wildman–Crippen LogP) is 2.18. The summed E-state index contributed by atoms with van der Waals surface area (Å²) in [5.74, 6) is -0.406. The Balaban J connectivity index is 2.53. The van der Waals surface area contributed by atoms with Crippen molar-refractivity contribution < 1.29 is 14.6 Å². The Morgan fingerprint density at radius 3 is 2.71 bits per heavy atom. The molecule has 0 spiro atoms. The summed E-state index contributed by atoms with van der Waals surface area (Å²) in [5.41, 5.74) is 1.57. The van der Waals surface area contributed by atoms with E-state index in [0.717, 1.165) is 5.56 Å². The Labute approximate surface area is 101 Å². The molecule has 0 aromatic heterocycles. The van der Waals surface area contributed by atoms with Crippen LogP contribution in [0.5, 0.6) is 0 Å². The van der Waals surface area contributed by atoms with E-state index in [-0.39, 0.29) is 13.2 Å². The van der Waals surface area contributed by atoms with Gasteiger partial charge in [0, 0.05) is 5.57 Å². The molecule has 17 heavy (non-hydrogen) atoms. The Bertz CT molecular complexity index is 405. The van der Waals surface area contributed by atoms with Crippen molar-refractivity contribution >= 4 is 12.0 Å². The lowest BCUT2D eigenvalue weighted by Crippen LogP contribution is -2.08. The number of aliphatic hydroxyl groups is 1. The molecule has 0 atom stereocenters. The van der Waals surface area contributed by atoms with Crippen LogP contribution in [0.25, 0.3) is 6.08 Å². The molecule has 0 saturated heterocycles. The minimum atomic E-state index is -0.406. The number of allylic oxidation sites excluding steroid dienone is 2. The van der Waals surface area contributed by atoms with Crippen LogP contribution < -0.4 is 0 Å². The molecule has 0 aliphatic carbocycles. The number of esters is 1. The third-order valence-electron chi connectivity index (χ3n) is 2.08. The van der Waals surface area contributed by atoms with Gasteiger partial charge in [-0.25, -0.2) is 4.79 Å². The molecule has 0 unspecified atom stereocenters. The molecule has 0 amide bonds. The smallest absolute Gasteiger partial charge is 0.333 e. The van der Waals surface area contributed by atoms with Crippen molar-refractivity contribution in [1.82, 2.24) is 0 Å². The Hall–Kier alpha value is -1.87. The number of hydrogen-bond donors (Lipinski definition) is 1. The summed E-state index contributed by atoms with van der Waals surface area (Å²) in [6.07, 6.45) is 5.39. The second kappa shape index (κ2) is 7.41. The zero-order chi connectivity index (χ0) is 12.5. The van der Waals surface area contributed by atoms with Crippen LogP contribution in [0.15, 0.2) is 48.1 Å². The highest BCUT2D eigenvalue weighted by Gasteiger charge is 2.02. The first kappa shape index (κ1) is 13.2. The first-order valence-corrected chi connectivity index (χ1v) is 5.42. The molecule has 1 N–H and O–H groups in total. The predicted molar refractivity (Wildman–Crippen MR) is 67.3 cm³/mol. The second-order valence-corrected chi connectivity index (χ2v) is 3.48. The molecule has 0 bridgehead atoms. The number of hydrogen-bond acceptors (Lipinski definition) is 3. The Morgan fingerprint density at radius 1 is 1.35 bits per heavy atom. The average molecular weight is 232 g/mol. The quantitative estimate of drug-likeness (QED) is 0.481. The molecular weight excluding hydrogens is 216 g/mol. The molecule has 1 rings (SSSR count). The van der Waals surface area contributed by atoms with E-state index in [1.807, 2.05) is 36.4 Å². The van der Waals surface area contributed by atoms with Crippen LogP contribution in [0.4, 0.5) is 0 Å². The number of carbonyl (C=O) groups is 1. The highest BCUT2D eigenvalue weighted by Crippen LogP contribution is 2.03. The van der Waals surface area contributed by atoms with Gasteiger partial charge in [0.2, 0.25) is 0 Å². The van der Waals surface area contributed by atoms with E-state index >= 15 is 0 Å². The van der Waals surface area contributed by atoms with E-state index < -0.39 is 5.97 Å². The maximum Gasteiger partial charge on any atom is 0.333 e. The molecule has 1 aromatic carbocycles. The molecule has 0 radical (unpaired) electrons. The van der Waals surface area contributed by atoms with Gasteiger partial charge in [0.15, 0.2) is 0 Å². The third kappa shape index (κ3) is 5.13. The summed E-state index contributed by atoms with van der Waals surface area (Å²) in [6.45, 7) is 1.56. The van der Waals surface area contributed by atoms with Crippen LogP contribution in [0.3, 0.4) is 0 Å². The Kier molecular flexibility index (Phi) is 5.75. The van der Waals surface area contributed by atoms with Crippen LogP contribution in [0.2, 0.25) is 0 Å². The van der Waals surface area contributed by atoms with Gasteiger partial charge < -0.3 is 9.84 Å². The minimum Gasteiger partial charge on any atom is -0.460 e. The van der Waals surface area contributed by atoms with E-state index in [1.54, 1.807) is 19.1 Å². The Morgan fingerprint density at radius 2 is 2.06 bits per heavy atom. The van der Waals surface area contributed by atoms with Crippen LogP contribution >= 0.6 is 0 Å². The summed E-state index contributed by atoms with van der Waals surface area (Å²) < 4.78 is 4.76. The zero-order valence-electron chi connectivity index (χ0n) is 9.80. The lowest BCUT2D eigenvalue weighted by Gasteiger charge is -2.01. The number of ether oxygens (including phenoxy) is 1. The highest BCUT2D eigenvalue weighted by molar-refractivity contribution is 5.88. The van der Waals surface area contributed by atoms with Crippen molar-refractivity contribution in [3.63, 3.8) is 0 Å². The maximum absolute atomic E-state index is 11.3. The monoisotopic (exact) mass is 232 g/mol. The summed E-state index contributed by atoms with van der Waals surface area (Å²) >= 11 is 0. The molecule has 0 aliphatic heterocycles. The van der Waals surface area contributed by atoms with Crippen molar-refractivity contribution in [3.8, 4) is 0 Å². The van der Waals surface area contributed by atoms with Crippen LogP contribution in [-0.2, 0) is 9.53 Å². The van der Waals surface area contributed by atoms with E-state index in [2.05, 4.69) is 0 Å². The minimum absolute atomic E-state index is 0.0341. The van der Waals surface area contributed by atoms with E-state index in [4.69, 9.17) is 9.84 Å². The third-order valence-corrected chi connectivity index (χ3v) is 2.08. The van der Waals surface area contributed by atoms with Crippen molar-refractivity contribution in [3.05, 3.63) is 53.6 Å². The number of aliphatic hydroxyl groups excluding tert-OH is 1. The summed E-state index contributed by atoms with van der Waals surface area (Å²) in [4.78, 5) is 11.3. The highest BCUT2D eigenvalue weighted by atomic mass is 16.5. The fourth-order valence-corrected chi connectivity index (χ4v) is 1.19. The van der Waals surface area contributed by atoms with Gasteiger partial charge in [-0.05, 0) is 12.5 Å². The first-order chi connectivity index (χ1) is 8.24. The average Bonchev–Trinajstić information content (AvgIpc) is 2.37. The van der Waals surface area contributed by atoms with Crippen molar-refractivity contribution in [2.45, 2.75) is 6.92 Å². The first-order valence-electron chi connectivity index (χ1n) is 5.42. The molecule has 3 nitrogen and oxygen atoms in total. The lowest BCUT2D eigenvalue weighted by molar-refractivity contribution is -0.139. The van der Waals surface area contributed by atoms with Crippen LogP contribution in [-0.4, -0.2) is 24.3 Å². The molecule has 0 heterocycles. The zero-order valence-corrected chi connectivity index (χ0v) is 9.80. The number of carbonyl (C=O) groups excluding carboxylic acids is 1. The lowest BCUT2D eigenvalue weighted by atomic mass is 10.2. The summed E-state index contributed by atoms with van der Waals surface area (Å²) in [5, 5.41) is 8.51. The van der Waals surface area contributed by atoms with Crippen molar-refractivity contribution in [2.75, 3.05) is 13.2 Å². The van der Waals surface area contributed by atoms with Crippen LogP contribution in [0.1, 0.15) is 12.5 Å². The standard InChI is InChI=1S/C14H16O3/c1-12(14(16)17-11-10-15)6-5-9-13-7-3-2-4-8-13/h2-9,15H,10-11H2,1H3. The fourth-order valence-electron chi connectivity index (χ4n) is 1.19. The van der Waals surface area contributed by atoms with Crippen molar-refractivity contribution in [2.24, 2.45) is 0 Å². The second-order valence-electron chi connectivity index (χ2n) is 3.48. The number of rotatable bonds is 5. The number of benzene rings is 1. The topological polar surface area (TPSA) is 46.5 Å². The van der Waals surface area contributed by atoms with Gasteiger partial charge in [-0.1, -0.05) is 48.6 Å². The van der Waals surface area contributed by atoms with Gasteiger partial charge in [-0.15, -0.1) is 0 Å². The van der Waals surface area contributed by atoms with Gasteiger partial charge in [0.05, 0.1) is 6.61 Å². The molecule has 90 valence electrons. The molecule has 3 heteroatoms. The van der Waals surface area contributed by atoms with Gasteiger partial charge in [-0.2, -0.15) is 0 Å².